The zero-order valence-electron chi connectivity index (χ0n) is 11.7. The smallest absolute Gasteiger partial charge is 0.264 e. The predicted octanol–water partition coefficient (Wildman–Crippen LogP) is 2.49. The van der Waals surface area contributed by atoms with E-state index < -0.39 is 15.6 Å². The lowest BCUT2D eigenvalue weighted by Crippen LogP contribution is -2.42. The summed E-state index contributed by atoms with van der Waals surface area (Å²) in [4.78, 5) is 0.265. The lowest BCUT2D eigenvalue weighted by molar-refractivity contribution is 0.0472. The molecule has 0 aromatic heterocycles. The molecule has 21 heavy (non-hydrogen) atoms. The van der Waals surface area contributed by atoms with Crippen molar-refractivity contribution in [1.29, 1.82) is 0 Å². The summed E-state index contributed by atoms with van der Waals surface area (Å²) in [6.45, 7) is 1.99. The molecule has 0 radical (unpaired) electrons. The van der Waals surface area contributed by atoms with E-state index in [9.17, 15) is 13.5 Å². The molecule has 0 aliphatic carbocycles. The van der Waals surface area contributed by atoms with Gasteiger partial charge in [0.05, 0.1) is 16.2 Å². The molecule has 1 unspecified atom stereocenters. The molecule has 1 aliphatic heterocycles. The van der Waals surface area contributed by atoms with E-state index in [1.807, 2.05) is 6.07 Å². The van der Waals surface area contributed by atoms with Crippen LogP contribution in [0.1, 0.15) is 18.9 Å². The molecule has 0 saturated heterocycles. The van der Waals surface area contributed by atoms with Crippen LogP contribution in [0.25, 0.3) is 0 Å². The van der Waals surface area contributed by atoms with Crippen molar-refractivity contribution in [3.8, 4) is 0 Å². The van der Waals surface area contributed by atoms with Gasteiger partial charge in [0.2, 0.25) is 0 Å². The minimum atomic E-state index is -3.60. The summed E-state index contributed by atoms with van der Waals surface area (Å²) in [6, 6.07) is 15.5. The molecule has 1 heterocycles. The number of anilines is 1. The molecule has 0 fully saturated rings. The summed E-state index contributed by atoms with van der Waals surface area (Å²) in [5.41, 5.74) is 0.201. The highest BCUT2D eigenvalue weighted by Gasteiger charge is 2.37. The van der Waals surface area contributed by atoms with Crippen LogP contribution in [-0.2, 0) is 15.6 Å². The van der Waals surface area contributed by atoms with Crippen LogP contribution < -0.4 is 4.31 Å². The van der Waals surface area contributed by atoms with Gasteiger partial charge in [0.1, 0.15) is 0 Å². The monoisotopic (exact) mass is 303 g/mol. The number of rotatable bonds is 2. The standard InChI is InChI=1S/C16H17NO3S/c1-16(18)11-12-17(15-10-6-5-9-14(15)16)21(19,20)13-7-3-2-4-8-13/h2-10,18H,11-12H2,1H3. The summed E-state index contributed by atoms with van der Waals surface area (Å²) in [6.07, 6.45) is 0.371. The van der Waals surface area contributed by atoms with E-state index in [4.69, 9.17) is 0 Å². The molecule has 1 atom stereocenters. The molecular formula is C16H17NO3S. The SMILES string of the molecule is CC1(O)CCN(S(=O)(=O)c2ccccc2)c2ccccc21. The van der Waals surface area contributed by atoms with Gasteiger partial charge in [0, 0.05) is 12.1 Å². The van der Waals surface area contributed by atoms with E-state index in [2.05, 4.69) is 0 Å². The molecule has 0 saturated carbocycles. The second kappa shape index (κ2) is 4.86. The summed E-state index contributed by atoms with van der Waals surface area (Å²) in [7, 11) is -3.60. The number of benzene rings is 2. The van der Waals surface area contributed by atoms with E-state index in [1.54, 1.807) is 55.5 Å². The normalized spacial score (nSPS) is 21.9. The summed E-state index contributed by atoms with van der Waals surface area (Å²) in [5, 5.41) is 10.5. The molecular weight excluding hydrogens is 286 g/mol. The Bertz CT molecular complexity index is 754. The molecule has 110 valence electrons. The average Bonchev–Trinajstić information content (AvgIpc) is 2.48. The van der Waals surface area contributed by atoms with Gasteiger partial charge >= 0.3 is 0 Å². The van der Waals surface area contributed by atoms with Crippen LogP contribution in [0.5, 0.6) is 0 Å². The molecule has 3 rings (SSSR count). The van der Waals surface area contributed by atoms with Gasteiger partial charge in [-0.05, 0) is 31.5 Å². The van der Waals surface area contributed by atoms with Crippen LogP contribution in [0.15, 0.2) is 59.5 Å². The van der Waals surface area contributed by atoms with Gasteiger partial charge in [0.25, 0.3) is 10.0 Å². The van der Waals surface area contributed by atoms with Gasteiger partial charge in [-0.25, -0.2) is 8.42 Å². The van der Waals surface area contributed by atoms with E-state index in [-0.39, 0.29) is 11.4 Å². The largest absolute Gasteiger partial charge is 0.385 e. The van der Waals surface area contributed by atoms with Crippen molar-refractivity contribution in [2.75, 3.05) is 10.8 Å². The molecule has 2 aromatic rings. The van der Waals surface area contributed by atoms with Crippen molar-refractivity contribution in [3.05, 3.63) is 60.2 Å². The quantitative estimate of drug-likeness (QED) is 0.927. The van der Waals surface area contributed by atoms with Crippen LogP contribution in [0.2, 0.25) is 0 Å². The third-order valence-electron chi connectivity index (χ3n) is 3.89. The van der Waals surface area contributed by atoms with Gasteiger partial charge in [-0.15, -0.1) is 0 Å². The minimum absolute atomic E-state index is 0.265. The Hall–Kier alpha value is -1.85. The summed E-state index contributed by atoms with van der Waals surface area (Å²) in [5.74, 6) is 0. The first-order valence-electron chi connectivity index (χ1n) is 6.83. The third kappa shape index (κ3) is 2.32. The van der Waals surface area contributed by atoms with Crippen molar-refractivity contribution in [2.45, 2.75) is 23.8 Å². The Morgan fingerprint density at radius 2 is 1.67 bits per heavy atom. The predicted molar refractivity (Wildman–Crippen MR) is 81.6 cm³/mol. The Kier molecular flexibility index (Phi) is 3.26. The highest BCUT2D eigenvalue weighted by molar-refractivity contribution is 7.92. The summed E-state index contributed by atoms with van der Waals surface area (Å²) < 4.78 is 27.0. The number of aliphatic hydroxyl groups is 1. The van der Waals surface area contributed by atoms with Crippen molar-refractivity contribution in [2.24, 2.45) is 0 Å². The van der Waals surface area contributed by atoms with Crippen LogP contribution >= 0.6 is 0 Å². The average molecular weight is 303 g/mol. The number of nitrogens with zero attached hydrogens (tertiary/aromatic N) is 1. The fraction of sp³-hybridized carbons (Fsp3) is 0.250. The second-order valence-corrected chi connectivity index (χ2v) is 7.29. The molecule has 4 nitrogen and oxygen atoms in total. The number of sulfonamides is 1. The first-order valence-corrected chi connectivity index (χ1v) is 8.27. The molecule has 5 heteroatoms. The Balaban J connectivity index is 2.13. The van der Waals surface area contributed by atoms with Crippen molar-refractivity contribution in [1.82, 2.24) is 0 Å². The minimum Gasteiger partial charge on any atom is -0.385 e. The maximum Gasteiger partial charge on any atom is 0.264 e. The lowest BCUT2D eigenvalue weighted by Gasteiger charge is -2.38. The zero-order chi connectivity index (χ0) is 15.1. The fourth-order valence-corrected chi connectivity index (χ4v) is 4.20. The van der Waals surface area contributed by atoms with Crippen molar-refractivity contribution in [3.63, 3.8) is 0 Å². The van der Waals surface area contributed by atoms with E-state index in [1.165, 1.54) is 4.31 Å². The lowest BCUT2D eigenvalue weighted by atomic mass is 9.88. The first kappa shape index (κ1) is 14.1. The van der Waals surface area contributed by atoms with Crippen LogP contribution in [0.3, 0.4) is 0 Å². The van der Waals surface area contributed by atoms with Crippen LogP contribution in [0.4, 0.5) is 5.69 Å². The van der Waals surface area contributed by atoms with E-state index in [0.29, 0.717) is 17.7 Å². The van der Waals surface area contributed by atoms with Gasteiger partial charge in [-0.3, -0.25) is 4.31 Å². The first-order chi connectivity index (χ1) is 9.93. The molecule has 0 spiro atoms. The Morgan fingerprint density at radius 1 is 1.05 bits per heavy atom. The van der Waals surface area contributed by atoms with Crippen molar-refractivity contribution >= 4 is 15.7 Å². The van der Waals surface area contributed by atoms with E-state index in [0.717, 1.165) is 0 Å². The number of hydrogen-bond acceptors (Lipinski definition) is 3. The topological polar surface area (TPSA) is 57.6 Å². The molecule has 2 aromatic carbocycles. The highest BCUT2D eigenvalue weighted by Crippen LogP contribution is 2.40. The zero-order valence-corrected chi connectivity index (χ0v) is 12.5. The molecule has 0 bridgehead atoms. The number of para-hydroxylation sites is 1. The van der Waals surface area contributed by atoms with Gasteiger partial charge in [0.15, 0.2) is 0 Å². The summed E-state index contributed by atoms with van der Waals surface area (Å²) >= 11 is 0. The number of hydrogen-bond donors (Lipinski definition) is 1. The van der Waals surface area contributed by atoms with Crippen molar-refractivity contribution < 1.29 is 13.5 Å². The molecule has 0 amide bonds. The van der Waals surface area contributed by atoms with Gasteiger partial charge in [-0.1, -0.05) is 36.4 Å². The highest BCUT2D eigenvalue weighted by atomic mass is 32.2. The maximum atomic E-state index is 12.8. The maximum absolute atomic E-state index is 12.8. The second-order valence-electron chi connectivity index (χ2n) is 5.43. The molecule has 1 aliphatic rings. The molecule has 1 N–H and O–H groups in total. The number of fused-ring (bicyclic) bond motifs is 1. The van der Waals surface area contributed by atoms with Gasteiger partial charge in [-0.2, -0.15) is 0 Å². The van der Waals surface area contributed by atoms with Crippen LogP contribution in [-0.4, -0.2) is 20.1 Å². The Morgan fingerprint density at radius 3 is 2.38 bits per heavy atom. The van der Waals surface area contributed by atoms with Crippen LogP contribution in [0, 0.1) is 0 Å². The fourth-order valence-electron chi connectivity index (χ4n) is 2.69. The third-order valence-corrected chi connectivity index (χ3v) is 5.71. The van der Waals surface area contributed by atoms with Gasteiger partial charge < -0.3 is 5.11 Å². The van der Waals surface area contributed by atoms with E-state index >= 15 is 0 Å². The Labute approximate surface area is 124 Å².